The molecule has 1 rings (SSSR count). The molecule has 8 heavy (non-hydrogen) atoms. The van der Waals surface area contributed by atoms with Gasteiger partial charge in [-0.25, -0.2) is 0 Å². The normalized spacial score (nSPS) is 18.4. The molecule has 0 bridgehead atoms. The van der Waals surface area contributed by atoms with Crippen LogP contribution in [-0.4, -0.2) is 18.9 Å². The third-order valence-corrected chi connectivity index (χ3v) is 1.63. The lowest BCUT2D eigenvalue weighted by molar-refractivity contribution is 0.990. The molecule has 1 nitrogen and oxygen atoms in total. The second-order valence-electron chi connectivity index (χ2n) is 1.81. The Morgan fingerprint density at radius 1 is 1.75 bits per heavy atom. The van der Waals surface area contributed by atoms with Crippen LogP contribution in [0.25, 0.3) is 0 Å². The van der Waals surface area contributed by atoms with Crippen LogP contribution in [0.3, 0.4) is 0 Å². The van der Waals surface area contributed by atoms with Gasteiger partial charge >= 0.3 is 0 Å². The van der Waals surface area contributed by atoms with Crippen molar-refractivity contribution >= 4 is 15.5 Å². The lowest BCUT2D eigenvalue weighted by atomic mass is 10.2. The molecule has 1 heterocycles. The summed E-state index contributed by atoms with van der Waals surface area (Å²) in [5.74, 6) is 0. The van der Waals surface area contributed by atoms with Crippen LogP contribution in [0.15, 0.2) is 16.6 Å². The van der Waals surface area contributed by atoms with Gasteiger partial charge in [0.1, 0.15) is 0 Å². The van der Waals surface area contributed by atoms with Crippen LogP contribution in [0, 0.1) is 0 Å². The summed E-state index contributed by atoms with van der Waals surface area (Å²) in [7, 11) is 2.69. The van der Waals surface area contributed by atoms with Crippen molar-refractivity contribution in [2.24, 2.45) is 4.99 Å². The molecule has 0 spiro atoms. The van der Waals surface area contributed by atoms with Crippen LogP contribution in [0.2, 0.25) is 0 Å². The van der Waals surface area contributed by atoms with Crippen LogP contribution < -0.4 is 0 Å². The van der Waals surface area contributed by atoms with Crippen LogP contribution >= 0.6 is 9.24 Å². The number of allylic oxidation sites excluding steroid dienone is 1. The SMILES string of the molecule is PCC1=CCCN=C1. The van der Waals surface area contributed by atoms with E-state index in [1.807, 2.05) is 6.21 Å². The second-order valence-corrected chi connectivity index (χ2v) is 2.22. The van der Waals surface area contributed by atoms with Gasteiger partial charge in [0.05, 0.1) is 0 Å². The minimum atomic E-state index is 0.980. The van der Waals surface area contributed by atoms with E-state index in [1.165, 1.54) is 5.57 Å². The minimum absolute atomic E-state index is 0.980. The maximum absolute atomic E-state index is 4.12. The Kier molecular flexibility index (Phi) is 2.23. The third kappa shape index (κ3) is 1.41. The highest BCUT2D eigenvalue weighted by molar-refractivity contribution is 7.17. The van der Waals surface area contributed by atoms with Gasteiger partial charge < -0.3 is 0 Å². The largest absolute Gasteiger partial charge is 0.293 e. The molecule has 0 aliphatic carbocycles. The summed E-state index contributed by atoms with van der Waals surface area (Å²) < 4.78 is 0. The molecule has 2 heteroatoms. The monoisotopic (exact) mass is 127 g/mol. The Balaban J connectivity index is 2.51. The lowest BCUT2D eigenvalue weighted by Crippen LogP contribution is -1.94. The fraction of sp³-hybridized carbons (Fsp3) is 0.500. The number of nitrogens with zero attached hydrogens (tertiary/aromatic N) is 1. The van der Waals surface area contributed by atoms with Gasteiger partial charge in [0.15, 0.2) is 0 Å². The first kappa shape index (κ1) is 5.97. The first-order valence-corrected chi connectivity index (χ1v) is 3.64. The third-order valence-electron chi connectivity index (χ3n) is 1.16. The van der Waals surface area contributed by atoms with Gasteiger partial charge in [0.2, 0.25) is 0 Å². The highest BCUT2D eigenvalue weighted by Crippen LogP contribution is 2.02. The number of hydrogen-bond acceptors (Lipinski definition) is 1. The first-order chi connectivity index (χ1) is 3.93. The summed E-state index contributed by atoms with van der Waals surface area (Å²) in [6.07, 6.45) is 6.36. The average molecular weight is 127 g/mol. The zero-order valence-corrected chi connectivity index (χ0v) is 5.96. The van der Waals surface area contributed by atoms with Crippen LogP contribution in [-0.2, 0) is 0 Å². The summed E-state index contributed by atoms with van der Waals surface area (Å²) in [5.41, 5.74) is 1.35. The van der Waals surface area contributed by atoms with Crippen molar-refractivity contribution in [2.75, 3.05) is 12.7 Å². The van der Waals surface area contributed by atoms with E-state index in [0.29, 0.717) is 0 Å². The van der Waals surface area contributed by atoms with Gasteiger partial charge in [-0.05, 0) is 18.2 Å². The van der Waals surface area contributed by atoms with Crippen LogP contribution in [0.4, 0.5) is 0 Å². The van der Waals surface area contributed by atoms with E-state index in [2.05, 4.69) is 20.3 Å². The van der Waals surface area contributed by atoms with Gasteiger partial charge in [0, 0.05) is 12.8 Å². The number of aliphatic imine (C=N–C) groups is 1. The standard InChI is InChI=1S/C6H10NP/c8-5-6-2-1-3-7-4-6/h2,4H,1,3,5,8H2. The van der Waals surface area contributed by atoms with Crippen molar-refractivity contribution < 1.29 is 0 Å². The molecule has 44 valence electrons. The maximum atomic E-state index is 4.12. The minimum Gasteiger partial charge on any atom is -0.293 e. The Morgan fingerprint density at radius 2 is 2.62 bits per heavy atom. The zero-order valence-electron chi connectivity index (χ0n) is 4.80. The van der Waals surface area contributed by atoms with E-state index in [0.717, 1.165) is 19.1 Å². The Labute approximate surface area is 52.1 Å². The average Bonchev–Trinajstić information content (AvgIpc) is 1.90. The topological polar surface area (TPSA) is 12.4 Å². The van der Waals surface area contributed by atoms with E-state index in [4.69, 9.17) is 0 Å². The highest BCUT2D eigenvalue weighted by atomic mass is 31.0. The Hall–Kier alpha value is -0.160. The van der Waals surface area contributed by atoms with Gasteiger partial charge in [-0.15, -0.1) is 9.24 Å². The van der Waals surface area contributed by atoms with E-state index in [9.17, 15) is 0 Å². The van der Waals surface area contributed by atoms with Crippen molar-refractivity contribution in [3.63, 3.8) is 0 Å². The van der Waals surface area contributed by atoms with Crippen LogP contribution in [0.1, 0.15) is 6.42 Å². The molecule has 0 radical (unpaired) electrons. The van der Waals surface area contributed by atoms with Crippen molar-refractivity contribution in [1.82, 2.24) is 0 Å². The predicted octanol–water partition coefficient (Wildman–Crippen LogP) is 1.26. The molecule has 0 N–H and O–H groups in total. The molecular formula is C6H10NP. The first-order valence-electron chi connectivity index (χ1n) is 2.82. The van der Waals surface area contributed by atoms with Crippen molar-refractivity contribution in [1.29, 1.82) is 0 Å². The molecule has 1 atom stereocenters. The molecule has 0 amide bonds. The van der Waals surface area contributed by atoms with E-state index >= 15 is 0 Å². The fourth-order valence-corrected chi connectivity index (χ4v) is 0.967. The van der Waals surface area contributed by atoms with Gasteiger partial charge in [-0.2, -0.15) is 0 Å². The smallest absolute Gasteiger partial charge is 0.0424 e. The molecule has 0 fully saturated rings. The molecule has 0 aromatic heterocycles. The Bertz CT molecular complexity index is 126. The summed E-state index contributed by atoms with van der Waals surface area (Å²) in [6, 6.07) is 0. The molecule has 1 aliphatic heterocycles. The highest BCUT2D eigenvalue weighted by Gasteiger charge is 1.92. The lowest BCUT2D eigenvalue weighted by Gasteiger charge is -2.00. The molecule has 1 unspecified atom stereocenters. The summed E-state index contributed by atoms with van der Waals surface area (Å²) in [6.45, 7) is 0.980. The fourth-order valence-electron chi connectivity index (χ4n) is 0.695. The molecule has 0 saturated carbocycles. The maximum Gasteiger partial charge on any atom is 0.0424 e. The van der Waals surface area contributed by atoms with Gasteiger partial charge in [0.25, 0.3) is 0 Å². The Morgan fingerprint density at radius 3 is 3.00 bits per heavy atom. The van der Waals surface area contributed by atoms with E-state index < -0.39 is 0 Å². The molecule has 0 aromatic rings. The molecule has 0 aromatic carbocycles. The summed E-state index contributed by atoms with van der Waals surface area (Å²) in [4.78, 5) is 4.12. The number of rotatable bonds is 1. The quantitative estimate of drug-likeness (QED) is 0.470. The molecule has 1 aliphatic rings. The number of hydrogen-bond donors (Lipinski definition) is 0. The predicted molar refractivity (Wildman–Crippen MR) is 40.6 cm³/mol. The van der Waals surface area contributed by atoms with Crippen LogP contribution in [0.5, 0.6) is 0 Å². The van der Waals surface area contributed by atoms with Crippen molar-refractivity contribution in [2.45, 2.75) is 6.42 Å². The van der Waals surface area contributed by atoms with E-state index in [1.54, 1.807) is 0 Å². The molecule has 0 saturated heterocycles. The zero-order chi connectivity index (χ0) is 5.82. The summed E-state index contributed by atoms with van der Waals surface area (Å²) in [5, 5.41) is 0. The van der Waals surface area contributed by atoms with Gasteiger partial charge in [-0.1, -0.05) is 6.08 Å². The molecular weight excluding hydrogens is 117 g/mol. The summed E-state index contributed by atoms with van der Waals surface area (Å²) >= 11 is 0. The van der Waals surface area contributed by atoms with Crippen molar-refractivity contribution in [3.05, 3.63) is 11.6 Å². The van der Waals surface area contributed by atoms with E-state index in [-0.39, 0.29) is 0 Å². The second kappa shape index (κ2) is 2.99. The van der Waals surface area contributed by atoms with Crippen molar-refractivity contribution in [3.8, 4) is 0 Å². The number of dihydropyridines is 1. The van der Waals surface area contributed by atoms with Gasteiger partial charge in [-0.3, -0.25) is 4.99 Å².